The predicted molar refractivity (Wildman–Crippen MR) is 94.2 cm³/mol. The quantitative estimate of drug-likeness (QED) is 0.390. The van der Waals surface area contributed by atoms with Crippen molar-refractivity contribution in [3.05, 3.63) is 0 Å². The molecular formula is C18H38O6. The summed E-state index contributed by atoms with van der Waals surface area (Å²) in [4.78, 5) is 0. The molecule has 0 aliphatic carbocycles. The van der Waals surface area contributed by atoms with Crippen LogP contribution in [0, 0.1) is 11.8 Å². The third-order valence-corrected chi connectivity index (χ3v) is 3.22. The molecule has 0 spiro atoms. The maximum Gasteiger partial charge on any atom is 0.0776 e. The normalized spacial score (nSPS) is 14.5. The summed E-state index contributed by atoms with van der Waals surface area (Å²) >= 11 is 0. The molecule has 0 unspecified atom stereocenters. The molecule has 0 heterocycles. The van der Waals surface area contributed by atoms with Gasteiger partial charge < -0.3 is 29.2 Å². The molecule has 0 bridgehead atoms. The second kappa shape index (κ2) is 16.2. The van der Waals surface area contributed by atoms with Crippen LogP contribution in [0.1, 0.15) is 40.5 Å². The molecule has 0 saturated heterocycles. The summed E-state index contributed by atoms with van der Waals surface area (Å²) in [7, 11) is 0. The molecule has 24 heavy (non-hydrogen) atoms. The topological polar surface area (TPSA) is 77.4 Å². The molecule has 0 aromatic carbocycles. The highest BCUT2D eigenvalue weighted by Gasteiger charge is 2.07. The minimum atomic E-state index is -0.396. The minimum absolute atomic E-state index is 0.359. The summed E-state index contributed by atoms with van der Waals surface area (Å²) in [5.41, 5.74) is 0. The fourth-order valence-corrected chi connectivity index (χ4v) is 2.22. The van der Waals surface area contributed by atoms with Crippen molar-refractivity contribution in [2.45, 2.75) is 52.7 Å². The molecule has 0 aromatic rings. The summed E-state index contributed by atoms with van der Waals surface area (Å²) in [5.74, 6) is 0.943. The lowest BCUT2D eigenvalue weighted by Gasteiger charge is -2.13. The van der Waals surface area contributed by atoms with Gasteiger partial charge in [-0.15, -0.1) is 0 Å². The van der Waals surface area contributed by atoms with Crippen molar-refractivity contribution in [2.24, 2.45) is 11.8 Å². The van der Waals surface area contributed by atoms with Gasteiger partial charge in [0, 0.05) is 0 Å². The molecule has 0 fully saturated rings. The molecule has 0 aromatic heterocycles. The molecule has 6 heteroatoms. The SMILES string of the molecule is CC(C)C[C@H](O)COCCOCCOCCOC[C@@H](O)CC(C)C. The molecule has 2 atom stereocenters. The van der Waals surface area contributed by atoms with Crippen molar-refractivity contribution < 1.29 is 29.2 Å². The van der Waals surface area contributed by atoms with Gasteiger partial charge in [-0.3, -0.25) is 0 Å². The van der Waals surface area contributed by atoms with Gasteiger partial charge in [-0.2, -0.15) is 0 Å². The highest BCUT2D eigenvalue weighted by Crippen LogP contribution is 2.05. The van der Waals surface area contributed by atoms with Gasteiger partial charge in [0.1, 0.15) is 0 Å². The van der Waals surface area contributed by atoms with Crippen LogP contribution in [-0.2, 0) is 18.9 Å². The first-order chi connectivity index (χ1) is 11.4. The van der Waals surface area contributed by atoms with E-state index in [1.165, 1.54) is 0 Å². The van der Waals surface area contributed by atoms with E-state index in [0.717, 1.165) is 12.8 Å². The lowest BCUT2D eigenvalue weighted by Crippen LogP contribution is -2.20. The molecule has 0 rings (SSSR count). The van der Waals surface area contributed by atoms with E-state index in [-0.39, 0.29) is 0 Å². The second-order valence-electron chi connectivity index (χ2n) is 6.94. The van der Waals surface area contributed by atoms with Crippen molar-refractivity contribution in [3.63, 3.8) is 0 Å². The number of aliphatic hydroxyl groups is 2. The van der Waals surface area contributed by atoms with Crippen molar-refractivity contribution in [1.82, 2.24) is 0 Å². The van der Waals surface area contributed by atoms with Crippen LogP contribution in [0.2, 0.25) is 0 Å². The lowest BCUT2D eigenvalue weighted by molar-refractivity contribution is -0.0276. The van der Waals surface area contributed by atoms with Crippen LogP contribution in [-0.4, -0.2) is 75.3 Å². The summed E-state index contributed by atoms with van der Waals surface area (Å²) in [6, 6.07) is 0. The minimum Gasteiger partial charge on any atom is -0.391 e. The first kappa shape index (κ1) is 23.8. The monoisotopic (exact) mass is 350 g/mol. The number of rotatable bonds is 17. The maximum atomic E-state index is 9.63. The molecule has 0 radical (unpaired) electrons. The maximum absolute atomic E-state index is 9.63. The summed E-state index contributed by atoms with van der Waals surface area (Å²) in [5, 5.41) is 19.3. The largest absolute Gasteiger partial charge is 0.391 e. The second-order valence-corrected chi connectivity index (χ2v) is 6.94. The van der Waals surface area contributed by atoms with Crippen molar-refractivity contribution >= 4 is 0 Å². The van der Waals surface area contributed by atoms with Crippen LogP contribution in [0.3, 0.4) is 0 Å². The third kappa shape index (κ3) is 18.1. The van der Waals surface area contributed by atoms with Crippen LogP contribution < -0.4 is 0 Å². The zero-order chi connectivity index (χ0) is 18.2. The Hall–Kier alpha value is -0.240. The molecule has 0 saturated carbocycles. The van der Waals surface area contributed by atoms with Gasteiger partial charge >= 0.3 is 0 Å². The van der Waals surface area contributed by atoms with Crippen LogP contribution in [0.15, 0.2) is 0 Å². The molecule has 146 valence electrons. The summed E-state index contributed by atoms with van der Waals surface area (Å²) in [6.07, 6.45) is 0.719. The van der Waals surface area contributed by atoms with E-state index in [4.69, 9.17) is 18.9 Å². The molecule has 0 aliphatic rings. The lowest BCUT2D eigenvalue weighted by atomic mass is 10.1. The Morgan fingerprint density at radius 1 is 0.542 bits per heavy atom. The first-order valence-electron chi connectivity index (χ1n) is 9.08. The van der Waals surface area contributed by atoms with Crippen LogP contribution in [0.5, 0.6) is 0 Å². The summed E-state index contributed by atoms with van der Waals surface area (Å²) in [6.45, 7) is 12.0. The van der Waals surface area contributed by atoms with Crippen molar-refractivity contribution in [3.8, 4) is 0 Å². The number of aliphatic hydroxyl groups excluding tert-OH is 2. The van der Waals surface area contributed by atoms with E-state index in [9.17, 15) is 10.2 Å². The Labute approximate surface area is 147 Å². The molecule has 6 nitrogen and oxygen atoms in total. The Morgan fingerprint density at radius 2 is 0.833 bits per heavy atom. The van der Waals surface area contributed by atoms with E-state index >= 15 is 0 Å². The van der Waals surface area contributed by atoms with Crippen LogP contribution >= 0.6 is 0 Å². The van der Waals surface area contributed by atoms with Crippen LogP contribution in [0.4, 0.5) is 0 Å². The molecule has 2 N–H and O–H groups in total. The number of hydrogen-bond donors (Lipinski definition) is 2. The Bertz CT molecular complexity index is 234. The van der Waals surface area contributed by atoms with Crippen LogP contribution in [0.25, 0.3) is 0 Å². The van der Waals surface area contributed by atoms with Gasteiger partial charge in [0.25, 0.3) is 0 Å². The van der Waals surface area contributed by atoms with Gasteiger partial charge in [0.15, 0.2) is 0 Å². The Kier molecular flexibility index (Phi) is 16.1. The third-order valence-electron chi connectivity index (χ3n) is 3.22. The van der Waals surface area contributed by atoms with E-state index in [1.54, 1.807) is 0 Å². The first-order valence-corrected chi connectivity index (χ1v) is 9.08. The highest BCUT2D eigenvalue weighted by atomic mass is 16.6. The number of hydrogen-bond acceptors (Lipinski definition) is 6. The molecule has 0 aliphatic heterocycles. The zero-order valence-corrected chi connectivity index (χ0v) is 15.9. The smallest absolute Gasteiger partial charge is 0.0776 e. The Morgan fingerprint density at radius 3 is 1.12 bits per heavy atom. The van der Waals surface area contributed by atoms with E-state index in [1.807, 2.05) is 0 Å². The fraction of sp³-hybridized carbons (Fsp3) is 1.00. The zero-order valence-electron chi connectivity index (χ0n) is 15.9. The van der Waals surface area contributed by atoms with E-state index in [2.05, 4.69) is 27.7 Å². The fourth-order valence-electron chi connectivity index (χ4n) is 2.22. The van der Waals surface area contributed by atoms with E-state index in [0.29, 0.717) is 64.7 Å². The van der Waals surface area contributed by atoms with E-state index < -0.39 is 12.2 Å². The van der Waals surface area contributed by atoms with Gasteiger partial charge in [-0.1, -0.05) is 27.7 Å². The van der Waals surface area contributed by atoms with Gasteiger partial charge in [0.05, 0.1) is 65.1 Å². The predicted octanol–water partition coefficient (Wildman–Crippen LogP) is 1.87. The average Bonchev–Trinajstić information content (AvgIpc) is 2.46. The summed E-state index contributed by atoms with van der Waals surface area (Å²) < 4.78 is 21.4. The standard InChI is InChI=1S/C18H38O6/c1-15(2)11-17(19)13-23-9-7-21-5-6-22-8-10-24-14-18(20)12-16(3)4/h15-20H,5-14H2,1-4H3/t17-,18-/m0/s1. The molecule has 0 amide bonds. The number of ether oxygens (including phenoxy) is 4. The van der Waals surface area contributed by atoms with Crippen molar-refractivity contribution in [2.75, 3.05) is 52.9 Å². The highest BCUT2D eigenvalue weighted by molar-refractivity contribution is 4.57. The Balaban J connectivity index is 3.18. The van der Waals surface area contributed by atoms with Crippen molar-refractivity contribution in [1.29, 1.82) is 0 Å². The van der Waals surface area contributed by atoms with Gasteiger partial charge in [0.2, 0.25) is 0 Å². The van der Waals surface area contributed by atoms with Gasteiger partial charge in [-0.05, 0) is 24.7 Å². The average molecular weight is 350 g/mol. The van der Waals surface area contributed by atoms with Gasteiger partial charge in [-0.25, -0.2) is 0 Å². The molecular weight excluding hydrogens is 312 g/mol.